The van der Waals surface area contributed by atoms with E-state index in [4.69, 9.17) is 4.74 Å². The van der Waals surface area contributed by atoms with Crippen molar-refractivity contribution in [3.8, 4) is 0 Å². The lowest BCUT2D eigenvalue weighted by Gasteiger charge is -2.20. The van der Waals surface area contributed by atoms with Gasteiger partial charge in [0.25, 0.3) is 0 Å². The van der Waals surface area contributed by atoms with E-state index in [2.05, 4.69) is 38.6 Å². The van der Waals surface area contributed by atoms with Gasteiger partial charge in [0.2, 0.25) is 0 Å². The molecule has 2 rings (SSSR count). The lowest BCUT2D eigenvalue weighted by molar-refractivity contribution is 0.307. The molecule has 18 heavy (non-hydrogen) atoms. The van der Waals surface area contributed by atoms with Crippen LogP contribution in [0.1, 0.15) is 36.1 Å². The van der Waals surface area contributed by atoms with Crippen LogP contribution in [0.15, 0.2) is 29.4 Å². The third kappa shape index (κ3) is 2.99. The van der Waals surface area contributed by atoms with Gasteiger partial charge in [-0.15, -0.1) is 11.8 Å². The maximum absolute atomic E-state index is 5.19. The van der Waals surface area contributed by atoms with Crippen LogP contribution in [0.5, 0.6) is 0 Å². The molecule has 1 aliphatic heterocycles. The molecule has 0 amide bonds. The van der Waals surface area contributed by atoms with Gasteiger partial charge >= 0.3 is 0 Å². The van der Waals surface area contributed by atoms with E-state index in [0.717, 1.165) is 16.4 Å². The van der Waals surface area contributed by atoms with Crippen LogP contribution in [0.4, 0.5) is 0 Å². The lowest BCUT2D eigenvalue weighted by Crippen LogP contribution is -2.01. The maximum Gasteiger partial charge on any atom is 0.125 e. The molecule has 0 spiro atoms. The van der Waals surface area contributed by atoms with Crippen LogP contribution in [0, 0.1) is 13.8 Å². The summed E-state index contributed by atoms with van der Waals surface area (Å²) < 4.78 is 5.19. The fourth-order valence-corrected chi connectivity index (χ4v) is 3.00. The van der Waals surface area contributed by atoms with E-state index in [0.29, 0.717) is 0 Å². The fourth-order valence-electron chi connectivity index (χ4n) is 1.87. The van der Waals surface area contributed by atoms with Gasteiger partial charge in [0.1, 0.15) is 5.76 Å². The van der Waals surface area contributed by atoms with Crippen molar-refractivity contribution in [3.05, 3.63) is 51.6 Å². The van der Waals surface area contributed by atoms with E-state index >= 15 is 0 Å². The van der Waals surface area contributed by atoms with Gasteiger partial charge in [-0.3, -0.25) is 0 Å². The van der Waals surface area contributed by atoms with Gasteiger partial charge in [-0.1, -0.05) is 32.6 Å². The smallest absolute Gasteiger partial charge is 0.125 e. The molecule has 0 aromatic heterocycles. The molecule has 0 radical (unpaired) electrons. The van der Waals surface area contributed by atoms with Crippen molar-refractivity contribution in [1.82, 2.24) is 0 Å². The van der Waals surface area contributed by atoms with Crippen molar-refractivity contribution in [3.63, 3.8) is 0 Å². The average molecular weight is 262 g/mol. The zero-order valence-corrected chi connectivity index (χ0v) is 12.8. The molecule has 1 aromatic carbocycles. The molecule has 0 saturated carbocycles. The standard InChI is InChI=1S/C14H16OS.C2H6/c1-9-5-6-10(2)13-8-16-14(7-12(9)13)11(3)15-4;1-2/h5-7H,3,8H2,1-2,4H3;1-2H3. The predicted molar refractivity (Wildman–Crippen MR) is 82.7 cm³/mol. The number of methoxy groups -OCH3 is 1. The molecular weight excluding hydrogens is 240 g/mol. The van der Waals surface area contributed by atoms with Crippen molar-refractivity contribution < 1.29 is 4.74 Å². The second-order valence-electron chi connectivity index (χ2n) is 4.02. The molecule has 0 bridgehead atoms. The lowest BCUT2D eigenvalue weighted by atomic mass is 9.97. The summed E-state index contributed by atoms with van der Waals surface area (Å²) in [6.07, 6.45) is 2.19. The Balaban J connectivity index is 0.000000771. The van der Waals surface area contributed by atoms with Crippen LogP contribution in [0.25, 0.3) is 6.08 Å². The number of ether oxygens (including phenoxy) is 1. The molecule has 0 N–H and O–H groups in total. The fraction of sp³-hybridized carbons (Fsp3) is 0.375. The summed E-state index contributed by atoms with van der Waals surface area (Å²) in [6.45, 7) is 12.2. The summed E-state index contributed by atoms with van der Waals surface area (Å²) in [5.41, 5.74) is 5.47. The Hall–Kier alpha value is -1.15. The van der Waals surface area contributed by atoms with E-state index in [1.807, 2.05) is 13.8 Å². The van der Waals surface area contributed by atoms with Gasteiger partial charge in [-0.2, -0.15) is 0 Å². The Morgan fingerprint density at radius 3 is 2.44 bits per heavy atom. The second-order valence-corrected chi connectivity index (χ2v) is 5.03. The Labute approximate surface area is 115 Å². The first kappa shape index (κ1) is 14.9. The summed E-state index contributed by atoms with van der Waals surface area (Å²) in [5, 5.41) is 0. The average Bonchev–Trinajstić information content (AvgIpc) is 2.44. The molecule has 1 heterocycles. The molecule has 0 unspecified atom stereocenters. The first-order valence-electron chi connectivity index (χ1n) is 6.30. The first-order valence-corrected chi connectivity index (χ1v) is 7.29. The zero-order valence-electron chi connectivity index (χ0n) is 12.0. The minimum Gasteiger partial charge on any atom is -0.496 e. The van der Waals surface area contributed by atoms with E-state index in [9.17, 15) is 0 Å². The molecular formula is C16H22OS. The van der Waals surface area contributed by atoms with Crippen molar-refractivity contribution in [2.24, 2.45) is 0 Å². The van der Waals surface area contributed by atoms with E-state index in [1.165, 1.54) is 22.3 Å². The van der Waals surface area contributed by atoms with Gasteiger partial charge in [-0.25, -0.2) is 0 Å². The molecule has 1 aliphatic rings. The van der Waals surface area contributed by atoms with Crippen LogP contribution >= 0.6 is 11.8 Å². The number of thioether (sulfide) groups is 1. The third-order valence-corrected chi connectivity index (χ3v) is 4.07. The Morgan fingerprint density at radius 1 is 1.22 bits per heavy atom. The molecule has 98 valence electrons. The Bertz CT molecular complexity index is 472. The molecule has 2 heteroatoms. The highest BCUT2D eigenvalue weighted by molar-refractivity contribution is 8.02. The van der Waals surface area contributed by atoms with Gasteiger partial charge < -0.3 is 4.74 Å². The van der Waals surface area contributed by atoms with Crippen LogP contribution < -0.4 is 0 Å². The number of aryl methyl sites for hydroxylation is 2. The number of hydrogen-bond donors (Lipinski definition) is 0. The van der Waals surface area contributed by atoms with Crippen molar-refractivity contribution in [2.75, 3.05) is 7.11 Å². The number of fused-ring (bicyclic) bond motifs is 1. The highest BCUT2D eigenvalue weighted by atomic mass is 32.2. The van der Waals surface area contributed by atoms with Crippen LogP contribution in [-0.4, -0.2) is 7.11 Å². The minimum atomic E-state index is 0.761. The second kappa shape index (κ2) is 6.69. The highest BCUT2D eigenvalue weighted by Gasteiger charge is 2.16. The van der Waals surface area contributed by atoms with Crippen molar-refractivity contribution in [2.45, 2.75) is 33.4 Å². The normalized spacial score (nSPS) is 12.8. The summed E-state index contributed by atoms with van der Waals surface area (Å²) in [7, 11) is 1.67. The quantitative estimate of drug-likeness (QED) is 0.688. The Morgan fingerprint density at radius 2 is 1.83 bits per heavy atom. The largest absolute Gasteiger partial charge is 0.496 e. The van der Waals surface area contributed by atoms with Crippen molar-refractivity contribution >= 4 is 17.8 Å². The monoisotopic (exact) mass is 262 g/mol. The number of hydrogen-bond acceptors (Lipinski definition) is 2. The summed E-state index contributed by atoms with van der Waals surface area (Å²) in [5.74, 6) is 1.77. The number of benzene rings is 1. The molecule has 0 saturated heterocycles. The van der Waals surface area contributed by atoms with E-state index in [-0.39, 0.29) is 0 Å². The van der Waals surface area contributed by atoms with Gasteiger partial charge in [0.05, 0.1) is 7.11 Å². The summed E-state index contributed by atoms with van der Waals surface area (Å²) >= 11 is 1.80. The third-order valence-electron chi connectivity index (χ3n) is 2.98. The van der Waals surface area contributed by atoms with Crippen LogP contribution in [0.3, 0.4) is 0 Å². The van der Waals surface area contributed by atoms with E-state index < -0.39 is 0 Å². The van der Waals surface area contributed by atoms with Crippen LogP contribution in [0.2, 0.25) is 0 Å². The highest BCUT2D eigenvalue weighted by Crippen LogP contribution is 2.38. The van der Waals surface area contributed by atoms with Gasteiger partial charge in [0.15, 0.2) is 0 Å². The van der Waals surface area contributed by atoms with Crippen LogP contribution in [-0.2, 0) is 10.5 Å². The number of rotatable bonds is 2. The maximum atomic E-state index is 5.19. The topological polar surface area (TPSA) is 9.23 Å². The molecule has 1 nitrogen and oxygen atoms in total. The molecule has 0 fully saturated rings. The van der Waals surface area contributed by atoms with E-state index in [1.54, 1.807) is 18.9 Å². The minimum absolute atomic E-state index is 0.761. The van der Waals surface area contributed by atoms with Crippen molar-refractivity contribution in [1.29, 1.82) is 0 Å². The SMILES string of the molecule is C=C(OC)C1=Cc2c(C)ccc(C)c2CS1.CC. The molecule has 1 aromatic rings. The first-order chi connectivity index (χ1) is 8.63. The summed E-state index contributed by atoms with van der Waals surface area (Å²) in [4.78, 5) is 1.14. The Kier molecular flexibility index (Phi) is 5.54. The molecule has 0 atom stereocenters. The predicted octanol–water partition coefficient (Wildman–Crippen LogP) is 5.08. The van der Waals surface area contributed by atoms with Gasteiger partial charge in [-0.05, 0) is 42.2 Å². The zero-order chi connectivity index (χ0) is 13.7. The molecule has 0 aliphatic carbocycles. The van der Waals surface area contributed by atoms with Gasteiger partial charge in [0, 0.05) is 10.7 Å². The summed E-state index contributed by atoms with van der Waals surface area (Å²) in [6, 6.07) is 4.37.